The average molecular weight is 302 g/mol. The van der Waals surface area contributed by atoms with Crippen molar-refractivity contribution >= 4 is 5.97 Å². The number of benzene rings is 1. The summed E-state index contributed by atoms with van der Waals surface area (Å²) < 4.78 is 12.7. The van der Waals surface area contributed by atoms with Crippen LogP contribution in [0.2, 0.25) is 0 Å². The lowest BCUT2D eigenvalue weighted by Gasteiger charge is -2.08. The van der Waals surface area contributed by atoms with Crippen molar-refractivity contribution < 1.29 is 14.3 Å². The number of aromatic nitrogens is 1. The van der Waals surface area contributed by atoms with Crippen LogP contribution in [-0.2, 0) is 0 Å². The number of hydrogen-bond acceptors (Lipinski definition) is 3. The molecule has 1 aromatic carbocycles. The molecule has 0 atom stereocenters. The van der Waals surface area contributed by atoms with E-state index in [1.54, 1.807) is 18.3 Å². The van der Waals surface area contributed by atoms with Crippen LogP contribution >= 0.6 is 0 Å². The van der Waals surface area contributed by atoms with Crippen molar-refractivity contribution in [2.75, 3.05) is 13.1 Å². The Hall–Kier alpha value is -2.27. The maximum absolute atomic E-state index is 12.7. The Labute approximate surface area is 129 Å². The molecule has 2 heterocycles. The second kappa shape index (κ2) is 8.24. The lowest BCUT2D eigenvalue weighted by molar-refractivity contribution is 0.0696. The third-order valence-electron chi connectivity index (χ3n) is 3.37. The van der Waals surface area contributed by atoms with Crippen molar-refractivity contribution in [1.29, 1.82) is 0 Å². The highest BCUT2D eigenvalue weighted by atomic mass is 19.1. The van der Waals surface area contributed by atoms with Crippen LogP contribution in [0.1, 0.15) is 29.6 Å². The predicted octanol–water partition coefficient (Wildman–Crippen LogP) is 3.35. The van der Waals surface area contributed by atoms with E-state index in [-0.39, 0.29) is 11.4 Å². The quantitative estimate of drug-likeness (QED) is 0.893. The van der Waals surface area contributed by atoms with E-state index in [1.807, 2.05) is 0 Å². The lowest BCUT2D eigenvalue weighted by atomic mass is 10.1. The summed E-state index contributed by atoms with van der Waals surface area (Å²) in [6.07, 6.45) is 7.03. The van der Waals surface area contributed by atoms with E-state index < -0.39 is 5.97 Å². The van der Waals surface area contributed by atoms with Crippen LogP contribution in [0.15, 0.2) is 42.7 Å². The highest BCUT2D eigenvalue weighted by Crippen LogP contribution is 2.19. The molecule has 0 radical (unpaired) electrons. The van der Waals surface area contributed by atoms with E-state index >= 15 is 0 Å². The van der Waals surface area contributed by atoms with Crippen molar-refractivity contribution in [3.63, 3.8) is 0 Å². The van der Waals surface area contributed by atoms with Crippen LogP contribution in [0, 0.1) is 5.82 Å². The summed E-state index contributed by atoms with van der Waals surface area (Å²) in [6.45, 7) is 2.50. The summed E-state index contributed by atoms with van der Waals surface area (Å²) in [5.41, 5.74) is 1.50. The summed E-state index contributed by atoms with van der Waals surface area (Å²) >= 11 is 0. The van der Waals surface area contributed by atoms with E-state index in [1.165, 1.54) is 56.7 Å². The summed E-state index contributed by atoms with van der Waals surface area (Å²) in [5, 5.41) is 12.1. The number of piperidine rings is 1. The molecule has 1 fully saturated rings. The minimum absolute atomic E-state index is 0.113. The fourth-order valence-corrected chi connectivity index (χ4v) is 2.16. The molecular weight excluding hydrogens is 283 g/mol. The van der Waals surface area contributed by atoms with Crippen LogP contribution in [0.4, 0.5) is 4.39 Å². The number of halogens is 1. The number of pyridine rings is 1. The number of rotatable bonds is 2. The Morgan fingerprint density at radius 3 is 2.23 bits per heavy atom. The lowest BCUT2D eigenvalue weighted by Crippen LogP contribution is -2.21. The molecule has 0 amide bonds. The zero-order valence-corrected chi connectivity index (χ0v) is 12.3. The van der Waals surface area contributed by atoms with Gasteiger partial charge in [0.1, 0.15) is 5.82 Å². The van der Waals surface area contributed by atoms with Gasteiger partial charge >= 0.3 is 5.97 Å². The third-order valence-corrected chi connectivity index (χ3v) is 3.37. The van der Waals surface area contributed by atoms with Gasteiger partial charge in [-0.3, -0.25) is 4.98 Å². The third kappa shape index (κ3) is 4.93. The molecule has 2 aromatic rings. The molecule has 4 nitrogen and oxygen atoms in total. The van der Waals surface area contributed by atoms with Crippen molar-refractivity contribution in [3.05, 3.63) is 54.1 Å². The van der Waals surface area contributed by atoms with Crippen molar-refractivity contribution in [2.45, 2.75) is 19.3 Å². The van der Waals surface area contributed by atoms with Crippen LogP contribution in [0.5, 0.6) is 0 Å². The van der Waals surface area contributed by atoms with E-state index in [4.69, 9.17) is 5.11 Å². The summed E-state index contributed by atoms with van der Waals surface area (Å²) in [5.74, 6) is -1.36. The summed E-state index contributed by atoms with van der Waals surface area (Å²) in [7, 11) is 0. The molecule has 22 heavy (non-hydrogen) atoms. The molecule has 1 aliphatic rings. The van der Waals surface area contributed by atoms with Gasteiger partial charge < -0.3 is 10.4 Å². The van der Waals surface area contributed by atoms with Crippen LogP contribution in [0.3, 0.4) is 0 Å². The van der Waals surface area contributed by atoms with Gasteiger partial charge in [-0.25, -0.2) is 9.18 Å². The number of aromatic carboxylic acids is 1. The van der Waals surface area contributed by atoms with Gasteiger partial charge in [0.25, 0.3) is 0 Å². The van der Waals surface area contributed by atoms with E-state index in [0.717, 1.165) is 5.56 Å². The Morgan fingerprint density at radius 2 is 1.73 bits per heavy atom. The number of nitrogens with zero attached hydrogens (tertiary/aromatic N) is 1. The van der Waals surface area contributed by atoms with Crippen molar-refractivity contribution in [1.82, 2.24) is 10.3 Å². The number of hydrogen-bond donors (Lipinski definition) is 2. The van der Waals surface area contributed by atoms with Crippen LogP contribution < -0.4 is 5.32 Å². The van der Waals surface area contributed by atoms with Crippen LogP contribution in [0.25, 0.3) is 11.1 Å². The van der Waals surface area contributed by atoms with Gasteiger partial charge in [0.15, 0.2) is 0 Å². The Kier molecular flexibility index (Phi) is 6.03. The molecular formula is C17H19FN2O2. The van der Waals surface area contributed by atoms with E-state index in [0.29, 0.717) is 5.56 Å². The molecule has 3 rings (SSSR count). The Balaban J connectivity index is 0.000000246. The first kappa shape index (κ1) is 16.1. The molecule has 1 aromatic heterocycles. The normalized spacial score (nSPS) is 13.9. The molecule has 1 saturated heterocycles. The maximum atomic E-state index is 12.7. The fraction of sp³-hybridized carbons (Fsp3) is 0.294. The zero-order valence-electron chi connectivity index (χ0n) is 12.3. The largest absolute Gasteiger partial charge is 0.478 e. The Bertz CT molecular complexity index is 599. The molecule has 1 aliphatic heterocycles. The van der Waals surface area contributed by atoms with Gasteiger partial charge in [0.2, 0.25) is 0 Å². The molecule has 0 aliphatic carbocycles. The smallest absolute Gasteiger partial charge is 0.337 e. The summed E-state index contributed by atoms with van der Waals surface area (Å²) in [6, 6.07) is 7.31. The standard InChI is InChI=1S/C12H8FNO2.C5H11N/c13-11-3-1-8(2-4-11)9-5-10(12(15)16)7-14-6-9;1-2-4-6-5-3-1/h1-7H,(H,15,16);6H,1-5H2. The monoisotopic (exact) mass is 302 g/mol. The van der Waals surface area contributed by atoms with Gasteiger partial charge in [-0.1, -0.05) is 18.6 Å². The number of carboxylic acids is 1. The fourth-order valence-electron chi connectivity index (χ4n) is 2.16. The van der Waals surface area contributed by atoms with Gasteiger partial charge in [0, 0.05) is 18.0 Å². The van der Waals surface area contributed by atoms with Gasteiger partial charge in [0.05, 0.1) is 5.56 Å². The van der Waals surface area contributed by atoms with Gasteiger partial charge in [-0.2, -0.15) is 0 Å². The molecule has 0 bridgehead atoms. The molecule has 0 unspecified atom stereocenters. The highest BCUT2D eigenvalue weighted by molar-refractivity contribution is 5.88. The van der Waals surface area contributed by atoms with Gasteiger partial charge in [-0.15, -0.1) is 0 Å². The first-order chi connectivity index (χ1) is 10.7. The van der Waals surface area contributed by atoms with Crippen LogP contribution in [-0.4, -0.2) is 29.1 Å². The molecule has 2 N–H and O–H groups in total. The minimum Gasteiger partial charge on any atom is -0.478 e. The number of nitrogens with one attached hydrogen (secondary N) is 1. The molecule has 0 saturated carbocycles. The average Bonchev–Trinajstić information content (AvgIpc) is 2.58. The molecule has 5 heteroatoms. The zero-order chi connectivity index (χ0) is 15.8. The maximum Gasteiger partial charge on any atom is 0.337 e. The minimum atomic E-state index is -1.03. The highest BCUT2D eigenvalue weighted by Gasteiger charge is 2.05. The SMILES string of the molecule is C1CCNCC1.O=C(O)c1cncc(-c2ccc(F)cc2)c1. The van der Waals surface area contributed by atoms with E-state index in [9.17, 15) is 9.18 Å². The number of carbonyl (C=O) groups is 1. The van der Waals surface area contributed by atoms with Crippen molar-refractivity contribution in [3.8, 4) is 11.1 Å². The first-order valence-corrected chi connectivity index (χ1v) is 7.32. The van der Waals surface area contributed by atoms with Gasteiger partial charge in [-0.05, 0) is 49.7 Å². The first-order valence-electron chi connectivity index (χ1n) is 7.32. The number of carboxylic acid groups (broad SMARTS) is 1. The molecule has 0 spiro atoms. The Morgan fingerprint density at radius 1 is 1.05 bits per heavy atom. The molecule has 116 valence electrons. The second-order valence-electron chi connectivity index (χ2n) is 5.08. The summed E-state index contributed by atoms with van der Waals surface area (Å²) in [4.78, 5) is 14.6. The topological polar surface area (TPSA) is 62.2 Å². The predicted molar refractivity (Wildman–Crippen MR) is 83.3 cm³/mol. The van der Waals surface area contributed by atoms with Crippen molar-refractivity contribution in [2.24, 2.45) is 0 Å². The second-order valence-corrected chi connectivity index (χ2v) is 5.08. The van der Waals surface area contributed by atoms with E-state index in [2.05, 4.69) is 10.3 Å².